The summed E-state index contributed by atoms with van der Waals surface area (Å²) in [5.74, 6) is -1.93. The van der Waals surface area contributed by atoms with Crippen LogP contribution in [0, 0.1) is 5.41 Å². The van der Waals surface area contributed by atoms with Crippen LogP contribution in [0.5, 0.6) is 0 Å². The molecule has 0 rings (SSSR count). The third kappa shape index (κ3) is 4.91. The van der Waals surface area contributed by atoms with Crippen molar-refractivity contribution in [2.24, 2.45) is 0 Å². The Morgan fingerprint density at radius 2 is 1.92 bits per heavy atom. The summed E-state index contributed by atoms with van der Waals surface area (Å²) in [5.41, 5.74) is 0. The summed E-state index contributed by atoms with van der Waals surface area (Å²) in [6, 6.07) is 0. The highest BCUT2D eigenvalue weighted by atomic mass is 16.6. The van der Waals surface area contributed by atoms with Crippen molar-refractivity contribution >= 4 is 17.8 Å². The Bertz CT molecular complexity index is 225. The van der Waals surface area contributed by atoms with Crippen molar-refractivity contribution in [1.29, 1.82) is 5.41 Å². The Balaban J connectivity index is 4.15. The highest BCUT2D eigenvalue weighted by Gasteiger charge is 2.19. The van der Waals surface area contributed by atoms with E-state index < -0.39 is 30.5 Å². The molecule has 0 fully saturated rings. The van der Waals surface area contributed by atoms with Crippen molar-refractivity contribution < 1.29 is 24.2 Å². The van der Waals surface area contributed by atoms with Crippen molar-refractivity contribution in [1.82, 2.24) is 0 Å². The van der Waals surface area contributed by atoms with E-state index in [1.54, 1.807) is 0 Å². The molecule has 0 aromatic rings. The van der Waals surface area contributed by atoms with E-state index in [0.29, 0.717) is 0 Å². The molecule has 0 aromatic heterocycles. The predicted octanol–water partition coefficient (Wildman–Crippen LogP) is -0.549. The van der Waals surface area contributed by atoms with Crippen LogP contribution in [0.25, 0.3) is 0 Å². The number of rotatable bonds is 3. The molecule has 0 radical (unpaired) electrons. The highest BCUT2D eigenvalue weighted by Crippen LogP contribution is 1.96. The lowest BCUT2D eigenvalue weighted by molar-refractivity contribution is -0.147. The molecule has 0 amide bonds. The van der Waals surface area contributed by atoms with Crippen molar-refractivity contribution in [2.75, 3.05) is 6.61 Å². The number of hydrogen-bond donors (Lipinski definition) is 2. The molecule has 0 saturated heterocycles. The summed E-state index contributed by atoms with van der Waals surface area (Å²) in [5, 5.41) is 15.7. The Labute approximate surface area is 75.0 Å². The lowest BCUT2D eigenvalue weighted by Crippen LogP contribution is -2.32. The van der Waals surface area contributed by atoms with Gasteiger partial charge in [0, 0.05) is 13.8 Å². The fraction of sp³-hybridized carbons (Fsp3) is 0.571. The molecule has 0 aliphatic carbocycles. The zero-order chi connectivity index (χ0) is 10.4. The highest BCUT2D eigenvalue weighted by molar-refractivity contribution is 5.89. The van der Waals surface area contributed by atoms with Gasteiger partial charge in [-0.2, -0.15) is 0 Å². The van der Waals surface area contributed by atoms with Crippen molar-refractivity contribution in [2.45, 2.75) is 20.0 Å². The second-order valence-corrected chi connectivity index (χ2v) is 2.24. The summed E-state index contributed by atoms with van der Waals surface area (Å²) < 4.78 is 8.78. The third-order valence-corrected chi connectivity index (χ3v) is 1.02. The molecule has 6 heteroatoms. The van der Waals surface area contributed by atoms with E-state index in [1.165, 1.54) is 0 Å². The Morgan fingerprint density at radius 3 is 2.23 bits per heavy atom. The molecular weight excluding hydrogens is 178 g/mol. The molecule has 0 aromatic carbocycles. The number of carbonyl (C=O) groups excluding carboxylic acids is 2. The number of aliphatic hydroxyl groups excluding tert-OH is 1. The second-order valence-electron chi connectivity index (χ2n) is 2.24. The van der Waals surface area contributed by atoms with E-state index in [1.807, 2.05) is 0 Å². The number of esters is 2. The second kappa shape index (κ2) is 5.26. The molecule has 13 heavy (non-hydrogen) atoms. The van der Waals surface area contributed by atoms with E-state index in [9.17, 15) is 9.59 Å². The van der Waals surface area contributed by atoms with Crippen LogP contribution < -0.4 is 0 Å². The molecule has 0 spiro atoms. The van der Waals surface area contributed by atoms with Gasteiger partial charge in [0.1, 0.15) is 0 Å². The largest absolute Gasteiger partial charge is 0.450 e. The van der Waals surface area contributed by atoms with Gasteiger partial charge in [-0.25, -0.2) is 0 Å². The minimum Gasteiger partial charge on any atom is -0.450 e. The lowest BCUT2D eigenvalue weighted by atomic mass is 10.4. The van der Waals surface area contributed by atoms with Crippen molar-refractivity contribution in [3.05, 3.63) is 0 Å². The zero-order valence-electron chi connectivity index (χ0n) is 7.36. The molecule has 0 bridgehead atoms. The standard InChI is InChI=1S/C7H11NO5/c1-4(10)12-6(3-9)7(8)13-5(2)11/h6,8-9H,3H2,1-2H3. The summed E-state index contributed by atoms with van der Waals surface area (Å²) in [7, 11) is 0. The van der Waals surface area contributed by atoms with E-state index in [-0.39, 0.29) is 0 Å². The molecular formula is C7H11NO5. The fourth-order valence-electron chi connectivity index (χ4n) is 0.595. The topological polar surface area (TPSA) is 96.7 Å². The first-order valence-corrected chi connectivity index (χ1v) is 3.52. The average molecular weight is 189 g/mol. The maximum Gasteiger partial charge on any atom is 0.309 e. The molecule has 74 valence electrons. The van der Waals surface area contributed by atoms with Gasteiger partial charge >= 0.3 is 11.9 Å². The summed E-state index contributed by atoms with van der Waals surface area (Å²) >= 11 is 0. The monoisotopic (exact) mass is 189 g/mol. The van der Waals surface area contributed by atoms with E-state index in [2.05, 4.69) is 9.47 Å². The summed E-state index contributed by atoms with van der Waals surface area (Å²) in [6.45, 7) is 1.64. The lowest BCUT2D eigenvalue weighted by Gasteiger charge is -2.13. The normalized spacial score (nSPS) is 11.6. The third-order valence-electron chi connectivity index (χ3n) is 1.02. The minimum absolute atomic E-state index is 0.579. The zero-order valence-corrected chi connectivity index (χ0v) is 7.36. The molecule has 0 heterocycles. The van der Waals surface area contributed by atoms with Crippen LogP contribution in [0.1, 0.15) is 13.8 Å². The maximum absolute atomic E-state index is 10.4. The van der Waals surface area contributed by atoms with E-state index >= 15 is 0 Å². The maximum atomic E-state index is 10.4. The van der Waals surface area contributed by atoms with Crippen molar-refractivity contribution in [3.63, 3.8) is 0 Å². The predicted molar refractivity (Wildman–Crippen MR) is 42.1 cm³/mol. The number of nitrogens with one attached hydrogen (secondary N) is 1. The van der Waals surface area contributed by atoms with Crippen LogP contribution in [-0.4, -0.2) is 35.7 Å². The molecule has 6 nitrogen and oxygen atoms in total. The van der Waals surface area contributed by atoms with Crippen LogP contribution in [0.4, 0.5) is 0 Å². The quantitative estimate of drug-likeness (QED) is 0.352. The average Bonchev–Trinajstić information content (AvgIpc) is 1.98. The number of hydrogen-bond acceptors (Lipinski definition) is 6. The van der Waals surface area contributed by atoms with Gasteiger partial charge in [0.25, 0.3) is 0 Å². The van der Waals surface area contributed by atoms with Gasteiger partial charge in [0.05, 0.1) is 6.61 Å². The van der Waals surface area contributed by atoms with E-state index in [0.717, 1.165) is 13.8 Å². The molecule has 0 aliphatic rings. The van der Waals surface area contributed by atoms with Crippen LogP contribution in [0.2, 0.25) is 0 Å². The SMILES string of the molecule is CC(=O)OC(=N)C(CO)OC(C)=O. The summed E-state index contributed by atoms with van der Waals surface area (Å²) in [6.07, 6.45) is -1.21. The Kier molecular flexibility index (Phi) is 4.68. The Morgan fingerprint density at radius 1 is 1.38 bits per heavy atom. The first-order valence-electron chi connectivity index (χ1n) is 3.52. The minimum atomic E-state index is -1.21. The number of aliphatic hydroxyl groups is 1. The first kappa shape index (κ1) is 11.6. The van der Waals surface area contributed by atoms with Gasteiger partial charge in [-0.15, -0.1) is 0 Å². The van der Waals surface area contributed by atoms with Gasteiger partial charge in [0.15, 0.2) is 6.10 Å². The van der Waals surface area contributed by atoms with E-state index in [4.69, 9.17) is 10.5 Å². The van der Waals surface area contributed by atoms with Gasteiger partial charge < -0.3 is 14.6 Å². The Hall–Kier alpha value is -1.43. The molecule has 2 N–H and O–H groups in total. The molecule has 1 unspecified atom stereocenters. The van der Waals surface area contributed by atoms with Crippen LogP contribution in [0.15, 0.2) is 0 Å². The number of ether oxygens (including phenoxy) is 2. The van der Waals surface area contributed by atoms with Gasteiger partial charge in [-0.3, -0.25) is 15.0 Å². The molecule has 0 saturated carbocycles. The van der Waals surface area contributed by atoms with Crippen molar-refractivity contribution in [3.8, 4) is 0 Å². The number of carbonyl (C=O) groups is 2. The van der Waals surface area contributed by atoms with Crippen LogP contribution in [0.3, 0.4) is 0 Å². The fourth-order valence-corrected chi connectivity index (χ4v) is 0.595. The molecule has 1 atom stereocenters. The smallest absolute Gasteiger partial charge is 0.309 e. The van der Waals surface area contributed by atoms with Gasteiger partial charge in [-0.1, -0.05) is 0 Å². The van der Waals surface area contributed by atoms with Crippen LogP contribution >= 0.6 is 0 Å². The van der Waals surface area contributed by atoms with Crippen LogP contribution in [-0.2, 0) is 19.1 Å². The molecule has 0 aliphatic heterocycles. The first-order chi connectivity index (χ1) is 5.97. The van der Waals surface area contributed by atoms with Gasteiger partial charge in [0.2, 0.25) is 5.90 Å². The van der Waals surface area contributed by atoms with Gasteiger partial charge in [-0.05, 0) is 0 Å². The summed E-state index contributed by atoms with van der Waals surface area (Å²) in [4.78, 5) is 20.8.